The van der Waals surface area contributed by atoms with Gasteiger partial charge in [-0.2, -0.15) is 0 Å². The number of piperazine rings is 1. The summed E-state index contributed by atoms with van der Waals surface area (Å²) < 4.78 is 41.5. The van der Waals surface area contributed by atoms with Gasteiger partial charge in [-0.05, 0) is 42.8 Å². The molecule has 142 valence electrons. The highest BCUT2D eigenvalue weighted by atomic mass is 32.2. The first kappa shape index (κ1) is 18.2. The van der Waals surface area contributed by atoms with Crippen LogP contribution in [0.25, 0.3) is 10.9 Å². The molecule has 3 aromatic rings. The molecule has 2 aromatic carbocycles. The summed E-state index contributed by atoms with van der Waals surface area (Å²) in [6.07, 6.45) is 1.51. The zero-order valence-electron chi connectivity index (χ0n) is 15.1. The zero-order valence-corrected chi connectivity index (χ0v) is 15.9. The molecule has 0 aliphatic carbocycles. The summed E-state index contributed by atoms with van der Waals surface area (Å²) >= 11 is 0. The van der Waals surface area contributed by atoms with Crippen LogP contribution >= 0.6 is 0 Å². The monoisotopic (exact) mass is 387 g/mol. The molecule has 4 rings (SSSR count). The van der Waals surface area contributed by atoms with E-state index in [1.54, 1.807) is 36.4 Å². The van der Waals surface area contributed by atoms with Crippen molar-refractivity contribution in [2.45, 2.75) is 24.4 Å². The van der Waals surface area contributed by atoms with Gasteiger partial charge in [-0.1, -0.05) is 18.2 Å². The van der Waals surface area contributed by atoms with Gasteiger partial charge < -0.3 is 5.32 Å². The summed E-state index contributed by atoms with van der Waals surface area (Å²) in [5.74, 6) is -0.427. The lowest BCUT2D eigenvalue weighted by Gasteiger charge is -2.32. The van der Waals surface area contributed by atoms with E-state index in [0.717, 1.165) is 30.6 Å². The largest absolute Gasteiger partial charge is 0.312 e. The summed E-state index contributed by atoms with van der Waals surface area (Å²) in [7, 11) is -3.77. The molecular formula is C20H22FN3O2S. The molecule has 0 bridgehead atoms. The molecular weight excluding hydrogens is 365 g/mol. The van der Waals surface area contributed by atoms with Gasteiger partial charge in [0, 0.05) is 43.8 Å². The molecule has 1 aliphatic heterocycles. The lowest BCUT2D eigenvalue weighted by Crippen LogP contribution is -2.48. The molecule has 1 saturated heterocycles. The molecule has 1 aromatic heterocycles. The Hall–Kier alpha value is -2.22. The average molecular weight is 387 g/mol. The van der Waals surface area contributed by atoms with Gasteiger partial charge in [-0.15, -0.1) is 0 Å². The fraction of sp³-hybridized carbons (Fsp3) is 0.300. The quantitative estimate of drug-likeness (QED) is 0.748. The Morgan fingerprint density at radius 2 is 1.96 bits per heavy atom. The molecule has 1 atom stereocenters. The van der Waals surface area contributed by atoms with E-state index in [9.17, 15) is 12.8 Å². The number of nitrogens with zero attached hydrogens (tertiary/aromatic N) is 2. The Kier molecular flexibility index (Phi) is 4.75. The van der Waals surface area contributed by atoms with Crippen molar-refractivity contribution in [1.82, 2.24) is 14.2 Å². The summed E-state index contributed by atoms with van der Waals surface area (Å²) in [5, 5.41) is 4.16. The highest BCUT2D eigenvalue weighted by Gasteiger charge is 2.22. The maximum Gasteiger partial charge on any atom is 0.268 e. The maximum absolute atomic E-state index is 14.3. The average Bonchev–Trinajstić information content (AvgIpc) is 3.07. The van der Waals surface area contributed by atoms with E-state index in [1.165, 1.54) is 22.3 Å². The first-order valence-corrected chi connectivity index (χ1v) is 10.4. The molecule has 0 amide bonds. The molecule has 0 saturated carbocycles. The molecule has 0 radical (unpaired) electrons. The molecule has 2 heterocycles. The molecule has 7 heteroatoms. The Morgan fingerprint density at radius 3 is 2.70 bits per heavy atom. The van der Waals surface area contributed by atoms with Crippen LogP contribution in [0.1, 0.15) is 12.5 Å². The summed E-state index contributed by atoms with van der Waals surface area (Å²) in [6, 6.07) is 13.1. The Morgan fingerprint density at radius 1 is 1.19 bits per heavy atom. The van der Waals surface area contributed by atoms with Gasteiger partial charge in [0.15, 0.2) is 0 Å². The van der Waals surface area contributed by atoms with Crippen molar-refractivity contribution < 1.29 is 12.8 Å². The predicted octanol–water partition coefficient (Wildman–Crippen LogP) is 2.81. The molecule has 5 nitrogen and oxygen atoms in total. The zero-order chi connectivity index (χ0) is 19.0. The molecule has 1 fully saturated rings. The number of rotatable bonds is 4. The fourth-order valence-corrected chi connectivity index (χ4v) is 5.06. The number of aromatic nitrogens is 1. The second-order valence-corrected chi connectivity index (χ2v) is 8.83. The summed E-state index contributed by atoms with van der Waals surface area (Å²) in [4.78, 5) is 2.45. The summed E-state index contributed by atoms with van der Waals surface area (Å²) in [5.41, 5.74) is 1.18. The van der Waals surface area contributed by atoms with Crippen molar-refractivity contribution >= 4 is 20.9 Å². The van der Waals surface area contributed by atoms with E-state index in [1.807, 2.05) is 0 Å². The van der Waals surface area contributed by atoms with Gasteiger partial charge in [0.05, 0.1) is 10.4 Å². The van der Waals surface area contributed by atoms with Crippen molar-refractivity contribution in [1.29, 1.82) is 0 Å². The van der Waals surface area contributed by atoms with E-state index in [4.69, 9.17) is 0 Å². The molecule has 1 aliphatic rings. The normalized spacial score (nSPS) is 18.8. The van der Waals surface area contributed by atoms with Crippen LogP contribution in [0.5, 0.6) is 0 Å². The van der Waals surface area contributed by atoms with E-state index < -0.39 is 15.8 Å². The third-order valence-corrected chi connectivity index (χ3v) is 6.67. The van der Waals surface area contributed by atoms with E-state index in [0.29, 0.717) is 18.1 Å². The van der Waals surface area contributed by atoms with Crippen LogP contribution < -0.4 is 5.32 Å². The minimum absolute atomic E-state index is 0.184. The van der Waals surface area contributed by atoms with Gasteiger partial charge in [0.25, 0.3) is 10.0 Å². The SMILES string of the molecule is CC1CN(Cc2cc(F)cc3c2ccn3S(=O)(=O)c2ccccc2)CCN1. The second kappa shape index (κ2) is 7.07. The Bertz CT molecular complexity index is 1060. The third-order valence-electron chi connectivity index (χ3n) is 4.97. The number of fused-ring (bicyclic) bond motifs is 1. The molecule has 27 heavy (non-hydrogen) atoms. The first-order chi connectivity index (χ1) is 12.9. The smallest absolute Gasteiger partial charge is 0.268 e. The van der Waals surface area contributed by atoms with Crippen LogP contribution in [0.2, 0.25) is 0 Å². The van der Waals surface area contributed by atoms with Gasteiger partial charge >= 0.3 is 0 Å². The van der Waals surface area contributed by atoms with Crippen LogP contribution in [0.15, 0.2) is 59.6 Å². The van der Waals surface area contributed by atoms with E-state index >= 15 is 0 Å². The standard InChI is InChI=1S/C20H22FN3O2S/c1-15-13-23(10-8-22-15)14-16-11-17(21)12-20-19(16)7-9-24(20)27(25,26)18-5-3-2-4-6-18/h2-7,9,11-12,15,22H,8,10,13-14H2,1H3. The lowest BCUT2D eigenvalue weighted by atomic mass is 10.1. The molecule has 1 N–H and O–H groups in total. The highest BCUT2D eigenvalue weighted by Crippen LogP contribution is 2.27. The minimum Gasteiger partial charge on any atom is -0.312 e. The topological polar surface area (TPSA) is 54.3 Å². The van der Waals surface area contributed by atoms with Crippen LogP contribution in [-0.2, 0) is 16.6 Å². The van der Waals surface area contributed by atoms with Gasteiger partial charge in [-0.3, -0.25) is 4.90 Å². The van der Waals surface area contributed by atoms with Gasteiger partial charge in [-0.25, -0.2) is 16.8 Å². The number of hydrogen-bond donors (Lipinski definition) is 1. The van der Waals surface area contributed by atoms with Crippen molar-refractivity contribution in [3.8, 4) is 0 Å². The Balaban J connectivity index is 1.76. The van der Waals surface area contributed by atoms with Gasteiger partial charge in [0.2, 0.25) is 0 Å². The molecule has 1 unspecified atom stereocenters. The van der Waals surface area contributed by atoms with Crippen molar-refractivity contribution in [2.75, 3.05) is 19.6 Å². The highest BCUT2D eigenvalue weighted by molar-refractivity contribution is 7.90. The van der Waals surface area contributed by atoms with Crippen molar-refractivity contribution in [3.05, 3.63) is 66.1 Å². The minimum atomic E-state index is -3.77. The lowest BCUT2D eigenvalue weighted by molar-refractivity contribution is 0.200. The van der Waals surface area contributed by atoms with E-state index in [2.05, 4.69) is 17.1 Å². The number of benzene rings is 2. The summed E-state index contributed by atoms with van der Waals surface area (Å²) in [6.45, 7) is 5.36. The third kappa shape index (κ3) is 3.50. The maximum atomic E-state index is 14.3. The van der Waals surface area contributed by atoms with Crippen molar-refractivity contribution in [3.63, 3.8) is 0 Å². The second-order valence-electron chi connectivity index (χ2n) is 7.02. The predicted molar refractivity (Wildman–Crippen MR) is 104 cm³/mol. The number of hydrogen-bond acceptors (Lipinski definition) is 4. The van der Waals surface area contributed by atoms with Gasteiger partial charge in [0.1, 0.15) is 5.82 Å². The fourth-order valence-electron chi connectivity index (χ4n) is 3.70. The van der Waals surface area contributed by atoms with Crippen LogP contribution in [0, 0.1) is 5.82 Å². The number of halogens is 1. The van der Waals surface area contributed by atoms with Crippen LogP contribution in [0.3, 0.4) is 0 Å². The van der Waals surface area contributed by atoms with Crippen LogP contribution in [-0.4, -0.2) is 43.0 Å². The number of nitrogens with one attached hydrogen (secondary N) is 1. The van der Waals surface area contributed by atoms with Crippen LogP contribution in [0.4, 0.5) is 4.39 Å². The Labute approximate surface area is 158 Å². The molecule has 0 spiro atoms. The van der Waals surface area contributed by atoms with Crippen molar-refractivity contribution in [2.24, 2.45) is 0 Å². The van der Waals surface area contributed by atoms with E-state index in [-0.39, 0.29) is 4.90 Å². The first-order valence-electron chi connectivity index (χ1n) is 9.01.